The van der Waals surface area contributed by atoms with E-state index in [1.165, 1.54) is 36.4 Å². The van der Waals surface area contributed by atoms with Gasteiger partial charge >= 0.3 is 5.69 Å². The lowest BCUT2D eigenvalue weighted by Gasteiger charge is -2.00. The van der Waals surface area contributed by atoms with Gasteiger partial charge in [-0.05, 0) is 24.3 Å². The van der Waals surface area contributed by atoms with E-state index in [2.05, 4.69) is 4.98 Å². The van der Waals surface area contributed by atoms with Crippen molar-refractivity contribution in [3.05, 3.63) is 69.4 Å². The van der Waals surface area contributed by atoms with Crippen molar-refractivity contribution in [2.75, 3.05) is 0 Å². The Morgan fingerprint density at radius 3 is 2.47 bits per heavy atom. The van der Waals surface area contributed by atoms with Crippen LogP contribution in [0, 0.1) is 11.2 Å². The van der Waals surface area contributed by atoms with Gasteiger partial charge in [0.05, 0.1) is 5.56 Å². The second kappa shape index (κ2) is 6.28. The summed E-state index contributed by atoms with van der Waals surface area (Å²) in [6.07, 6.45) is 0. The van der Waals surface area contributed by atoms with Gasteiger partial charge in [-0.3, -0.25) is 4.79 Å². The van der Waals surface area contributed by atoms with E-state index >= 15 is 0 Å². The predicted molar refractivity (Wildman–Crippen MR) is 66.0 cm³/mol. The molecule has 0 spiro atoms. The lowest BCUT2D eigenvalue weighted by atomic mass is 10.0. The summed E-state index contributed by atoms with van der Waals surface area (Å²) in [4.78, 5) is 15.1. The van der Waals surface area contributed by atoms with E-state index in [0.29, 0.717) is 5.02 Å². The number of hydrogen-bond acceptors (Lipinski definition) is 2. The molecule has 0 radical (unpaired) electrons. The minimum atomic E-state index is -0.633. The van der Waals surface area contributed by atoms with E-state index in [9.17, 15) is 9.18 Å². The largest absolute Gasteiger partial charge is 1.00 e. The zero-order valence-electron chi connectivity index (χ0n) is 9.48. The molecule has 3 nitrogen and oxygen atoms in total. The number of ketones is 1. The first-order valence-electron chi connectivity index (χ1n) is 5.07. The Morgan fingerprint density at radius 2 is 1.84 bits per heavy atom. The second-order valence-electron chi connectivity index (χ2n) is 3.57. The molecular formula is C13H7Cl2FN2O. The first-order valence-corrected chi connectivity index (χ1v) is 5.45. The van der Waals surface area contributed by atoms with Crippen LogP contribution in [0.15, 0.2) is 42.5 Å². The van der Waals surface area contributed by atoms with Gasteiger partial charge in [0.15, 0.2) is 4.98 Å². The number of diazo groups is 1. The van der Waals surface area contributed by atoms with Crippen molar-refractivity contribution >= 4 is 23.1 Å². The van der Waals surface area contributed by atoms with E-state index in [1.807, 2.05) is 0 Å². The first kappa shape index (κ1) is 15.1. The average molecular weight is 297 g/mol. The summed E-state index contributed by atoms with van der Waals surface area (Å²) in [5.74, 6) is -1.21. The fourth-order valence-corrected chi connectivity index (χ4v) is 1.74. The van der Waals surface area contributed by atoms with Crippen LogP contribution in [-0.2, 0) is 0 Å². The molecular weight excluding hydrogens is 290 g/mol. The summed E-state index contributed by atoms with van der Waals surface area (Å²) in [5.41, 5.74) is 0.00687. The fraction of sp³-hybridized carbons (Fsp3) is 0. The van der Waals surface area contributed by atoms with Crippen molar-refractivity contribution in [3.63, 3.8) is 0 Å². The first-order chi connectivity index (χ1) is 8.63. The minimum Gasteiger partial charge on any atom is -1.00 e. The Hall–Kier alpha value is -1.96. The van der Waals surface area contributed by atoms with E-state index in [-0.39, 0.29) is 29.2 Å². The number of halogens is 3. The van der Waals surface area contributed by atoms with Crippen molar-refractivity contribution < 1.29 is 21.6 Å². The maximum atomic E-state index is 13.5. The van der Waals surface area contributed by atoms with Gasteiger partial charge in [0.1, 0.15) is 11.4 Å². The zero-order chi connectivity index (χ0) is 13.1. The standard InChI is InChI=1S/C13H7ClFN2O.ClH/c14-8-5-6-12(17-16)10(7-8)13(18)9-3-1-2-4-11(9)15;/h1-7H;1H/q+1;/p-1. The Bertz CT molecular complexity index is 668. The molecule has 2 rings (SSSR count). The molecule has 0 unspecified atom stereocenters. The molecule has 0 aromatic heterocycles. The highest BCUT2D eigenvalue weighted by molar-refractivity contribution is 6.31. The Balaban J connectivity index is 0.00000180. The number of hydrogen-bond donors (Lipinski definition) is 0. The molecule has 0 saturated heterocycles. The van der Waals surface area contributed by atoms with Gasteiger partial charge in [0, 0.05) is 11.1 Å². The maximum Gasteiger partial charge on any atom is 0.396 e. The Morgan fingerprint density at radius 1 is 1.16 bits per heavy atom. The summed E-state index contributed by atoms with van der Waals surface area (Å²) >= 11 is 5.78. The smallest absolute Gasteiger partial charge is 0.396 e. The summed E-state index contributed by atoms with van der Waals surface area (Å²) in [5, 5.41) is 9.12. The minimum absolute atomic E-state index is 0. The van der Waals surface area contributed by atoms with Crippen LogP contribution in [0.25, 0.3) is 4.98 Å². The van der Waals surface area contributed by atoms with Gasteiger partial charge in [-0.15, -0.1) is 0 Å². The third kappa shape index (κ3) is 3.08. The maximum absolute atomic E-state index is 13.5. The molecule has 0 aliphatic rings. The van der Waals surface area contributed by atoms with Crippen LogP contribution in [0.5, 0.6) is 0 Å². The van der Waals surface area contributed by atoms with Crippen LogP contribution >= 0.6 is 11.6 Å². The van der Waals surface area contributed by atoms with Crippen molar-refractivity contribution in [3.8, 4) is 0 Å². The summed E-state index contributed by atoms with van der Waals surface area (Å²) in [6.45, 7) is 0. The normalized spacial score (nSPS) is 9.32. The monoisotopic (exact) mass is 296 g/mol. The molecule has 0 bridgehead atoms. The molecule has 6 heteroatoms. The molecule has 2 aromatic carbocycles. The van der Waals surface area contributed by atoms with Gasteiger partial charge in [0.2, 0.25) is 11.2 Å². The quantitative estimate of drug-likeness (QED) is 0.617. The molecule has 0 fully saturated rings. The number of benzene rings is 2. The van der Waals surface area contributed by atoms with Crippen LogP contribution in [0.3, 0.4) is 0 Å². The van der Waals surface area contributed by atoms with E-state index in [1.54, 1.807) is 6.07 Å². The van der Waals surface area contributed by atoms with Crippen molar-refractivity contribution in [2.24, 2.45) is 0 Å². The molecule has 0 amide bonds. The van der Waals surface area contributed by atoms with Crippen LogP contribution in [0.1, 0.15) is 15.9 Å². The van der Waals surface area contributed by atoms with Gasteiger partial charge in [-0.2, -0.15) is 0 Å². The molecule has 96 valence electrons. The molecule has 0 heterocycles. The highest BCUT2D eigenvalue weighted by Crippen LogP contribution is 2.26. The highest BCUT2D eigenvalue weighted by Gasteiger charge is 2.23. The average Bonchev–Trinajstić information content (AvgIpc) is 2.38. The topological polar surface area (TPSA) is 45.2 Å². The van der Waals surface area contributed by atoms with Crippen molar-refractivity contribution in [2.45, 2.75) is 0 Å². The molecule has 2 aromatic rings. The summed E-state index contributed by atoms with van der Waals surface area (Å²) < 4.78 is 13.5. The summed E-state index contributed by atoms with van der Waals surface area (Å²) in [6, 6.07) is 9.79. The second-order valence-corrected chi connectivity index (χ2v) is 4.01. The predicted octanol–water partition coefficient (Wildman–Crippen LogP) is 1.20. The Labute approximate surface area is 120 Å². The number of nitrogens with zero attached hydrogens (tertiary/aromatic N) is 2. The highest BCUT2D eigenvalue weighted by atomic mass is 35.5. The third-order valence-electron chi connectivity index (χ3n) is 2.43. The lowest BCUT2D eigenvalue weighted by molar-refractivity contribution is -0.0000118. The number of carbonyl (C=O) groups excluding carboxylic acids is 1. The number of rotatable bonds is 2. The molecule has 0 aliphatic carbocycles. The van der Waals surface area contributed by atoms with Crippen LogP contribution in [0.2, 0.25) is 5.02 Å². The van der Waals surface area contributed by atoms with Crippen LogP contribution < -0.4 is 12.4 Å². The van der Waals surface area contributed by atoms with Gasteiger partial charge in [-0.25, -0.2) is 4.39 Å². The molecule has 0 aliphatic heterocycles. The van der Waals surface area contributed by atoms with Gasteiger partial charge < -0.3 is 12.4 Å². The van der Waals surface area contributed by atoms with E-state index in [4.69, 9.17) is 17.0 Å². The molecule has 0 atom stereocenters. The van der Waals surface area contributed by atoms with Crippen LogP contribution in [-0.4, -0.2) is 5.78 Å². The van der Waals surface area contributed by atoms with E-state index in [0.717, 1.165) is 0 Å². The molecule has 0 N–H and O–H groups in total. The van der Waals surface area contributed by atoms with Crippen molar-refractivity contribution in [1.82, 2.24) is 0 Å². The molecule has 19 heavy (non-hydrogen) atoms. The lowest BCUT2D eigenvalue weighted by Crippen LogP contribution is -3.00. The summed E-state index contributed by atoms with van der Waals surface area (Å²) in [7, 11) is 0. The molecule has 0 saturated carbocycles. The van der Waals surface area contributed by atoms with Gasteiger partial charge in [-0.1, -0.05) is 23.7 Å². The Kier molecular flexibility index (Phi) is 4.99. The van der Waals surface area contributed by atoms with Crippen molar-refractivity contribution in [1.29, 1.82) is 5.39 Å². The zero-order valence-corrected chi connectivity index (χ0v) is 11.0. The van der Waals surface area contributed by atoms with Crippen LogP contribution in [0.4, 0.5) is 10.1 Å². The van der Waals surface area contributed by atoms with Gasteiger partial charge in [0.25, 0.3) is 0 Å². The fourth-order valence-electron chi connectivity index (χ4n) is 1.57. The number of carbonyl (C=O) groups is 1. The SMILES string of the molecule is N#[N+]c1ccc(Cl)cc1C(=O)c1ccccc1F.[Cl-]. The third-order valence-corrected chi connectivity index (χ3v) is 2.66. The van der Waals surface area contributed by atoms with E-state index < -0.39 is 11.6 Å².